The monoisotopic (exact) mass is 459 g/mol. The van der Waals surface area contributed by atoms with Crippen LogP contribution in [0.2, 0.25) is 0 Å². The van der Waals surface area contributed by atoms with Crippen molar-refractivity contribution in [2.24, 2.45) is 7.05 Å². The van der Waals surface area contributed by atoms with Crippen molar-refractivity contribution < 1.29 is 8.76 Å². The average Bonchev–Trinajstić information content (AvgIpc) is 3.34. The quantitative estimate of drug-likeness (QED) is 0.420. The van der Waals surface area contributed by atoms with Crippen molar-refractivity contribution in [3.63, 3.8) is 0 Å². The van der Waals surface area contributed by atoms with Crippen molar-refractivity contribution in [1.29, 1.82) is 0 Å². The topological polar surface area (TPSA) is 76.2 Å². The molecular formula is C24H37N5O2S. The average molecular weight is 460 g/mol. The van der Waals surface area contributed by atoms with Gasteiger partial charge in [0, 0.05) is 39.3 Å². The lowest BCUT2D eigenvalue weighted by atomic mass is 10.1. The molecule has 8 heteroatoms. The predicted molar refractivity (Wildman–Crippen MR) is 132 cm³/mol. The third-order valence-electron chi connectivity index (χ3n) is 6.34. The minimum absolute atomic E-state index is 0.426. The van der Waals surface area contributed by atoms with E-state index < -0.39 is 9.53 Å². The van der Waals surface area contributed by atoms with Gasteiger partial charge < -0.3 is 4.57 Å². The number of rotatable bonds is 11. The van der Waals surface area contributed by atoms with Crippen LogP contribution >= 0.6 is 0 Å². The lowest BCUT2D eigenvalue weighted by Gasteiger charge is -2.48. The van der Waals surface area contributed by atoms with Crippen LogP contribution in [0, 0.1) is 13.8 Å². The van der Waals surface area contributed by atoms with Crippen LogP contribution in [0.15, 0.2) is 47.9 Å². The van der Waals surface area contributed by atoms with Crippen LogP contribution < -0.4 is 4.31 Å². The molecule has 1 aromatic carbocycles. The maximum atomic E-state index is 13.8. The van der Waals surface area contributed by atoms with Gasteiger partial charge in [-0.3, -0.25) is 13.5 Å². The first kappa shape index (κ1) is 24.2. The Hall–Kier alpha value is -2.45. The van der Waals surface area contributed by atoms with Gasteiger partial charge in [-0.05, 0) is 50.8 Å². The Kier molecular flexibility index (Phi) is 7.25. The zero-order valence-electron chi connectivity index (χ0n) is 20.0. The number of aryl methyl sites for hydroxylation is 4. The van der Waals surface area contributed by atoms with E-state index in [2.05, 4.69) is 14.6 Å². The Morgan fingerprint density at radius 2 is 1.72 bits per heavy atom. The summed E-state index contributed by atoms with van der Waals surface area (Å²) < 4.78 is 30.5. The fourth-order valence-corrected chi connectivity index (χ4v) is 5.91. The second-order valence-electron chi connectivity index (χ2n) is 8.84. The maximum Gasteiger partial charge on any atom is 0.1000 e. The summed E-state index contributed by atoms with van der Waals surface area (Å²) >= 11 is 0. The van der Waals surface area contributed by atoms with Gasteiger partial charge in [-0.15, -0.1) is 9.53 Å². The summed E-state index contributed by atoms with van der Waals surface area (Å²) in [5.41, 5.74) is 3.50. The highest BCUT2D eigenvalue weighted by Gasteiger charge is 2.32. The second-order valence-corrected chi connectivity index (χ2v) is 12.3. The molecule has 0 fully saturated rings. The summed E-state index contributed by atoms with van der Waals surface area (Å²) in [6.45, 7) is 4.81. The van der Waals surface area contributed by atoms with Gasteiger partial charge >= 0.3 is 0 Å². The van der Waals surface area contributed by atoms with Crippen molar-refractivity contribution in [2.75, 3.05) is 17.6 Å². The van der Waals surface area contributed by atoms with Crippen molar-refractivity contribution in [3.05, 3.63) is 59.9 Å². The summed E-state index contributed by atoms with van der Waals surface area (Å²) in [5, 5.41) is 4.40. The van der Waals surface area contributed by atoms with Crippen LogP contribution in [-0.4, -0.2) is 41.4 Å². The number of nitrogens with zero attached hydrogens (tertiary/aromatic N) is 5. The highest BCUT2D eigenvalue weighted by atomic mass is 32.3. The first-order valence-corrected chi connectivity index (χ1v) is 13.6. The number of benzene rings is 1. The molecule has 2 heterocycles. The molecule has 0 radical (unpaired) electrons. The number of imidazole rings is 1. The number of aromatic nitrogens is 4. The lowest BCUT2D eigenvalue weighted by molar-refractivity contribution is 0.516. The molecule has 3 rings (SSSR count). The summed E-state index contributed by atoms with van der Waals surface area (Å²) in [5.74, 6) is 0. The summed E-state index contributed by atoms with van der Waals surface area (Å²) in [4.78, 5) is 4.49. The molecule has 0 spiro atoms. The van der Waals surface area contributed by atoms with E-state index in [1.165, 1.54) is 41.8 Å². The van der Waals surface area contributed by atoms with Crippen molar-refractivity contribution in [1.82, 2.24) is 19.3 Å². The molecule has 0 amide bonds. The molecule has 0 saturated carbocycles. The third-order valence-corrected chi connectivity index (χ3v) is 9.17. The van der Waals surface area contributed by atoms with Crippen LogP contribution in [0.25, 0.3) is 0 Å². The first-order valence-electron chi connectivity index (χ1n) is 11.3. The standard InChI is InChI=1S/C24H37N5O2S/c1-20-24(21(2)27(3)26-20)28(4)32(5,30,31)23-14-12-22(13-15-23)11-9-7-6-8-10-17-29-18-16-25-19-29/h12-16,18-19H,6-11,17H2,1-5H3,(H,30,31). The third kappa shape index (κ3) is 5.30. The molecular weight excluding hydrogens is 422 g/mol. The molecule has 0 bridgehead atoms. The Labute approximate surface area is 191 Å². The van der Waals surface area contributed by atoms with Crippen LogP contribution in [0.5, 0.6) is 0 Å². The molecule has 176 valence electrons. The van der Waals surface area contributed by atoms with Gasteiger partial charge in [0.1, 0.15) is 0 Å². The molecule has 0 unspecified atom stereocenters. The Morgan fingerprint density at radius 3 is 2.31 bits per heavy atom. The molecule has 32 heavy (non-hydrogen) atoms. The number of unbranched alkanes of at least 4 members (excludes halogenated alkanes) is 4. The van der Waals surface area contributed by atoms with Crippen molar-refractivity contribution in [3.8, 4) is 0 Å². The zero-order valence-corrected chi connectivity index (χ0v) is 20.8. The first-order chi connectivity index (χ1) is 15.1. The highest BCUT2D eigenvalue weighted by molar-refractivity contribution is 8.15. The van der Waals surface area contributed by atoms with Gasteiger partial charge in [0.25, 0.3) is 0 Å². The molecule has 0 saturated heterocycles. The van der Waals surface area contributed by atoms with Gasteiger partial charge in [-0.1, -0.05) is 31.4 Å². The normalized spacial score (nSPS) is 13.1. The smallest absolute Gasteiger partial charge is 0.1000 e. The lowest BCUT2D eigenvalue weighted by Crippen LogP contribution is -2.48. The molecule has 2 aromatic heterocycles. The summed E-state index contributed by atoms with van der Waals surface area (Å²) in [6.07, 6.45) is 14.0. The van der Waals surface area contributed by atoms with E-state index in [1.54, 1.807) is 23.9 Å². The number of hydrogen-bond donors (Lipinski definition) is 1. The SMILES string of the molecule is Cc1nn(C)c(C)c1N(C)S(C)(=O)(O)c1ccc(CCCCCCCn2ccnc2)cc1. The van der Waals surface area contributed by atoms with Crippen molar-refractivity contribution in [2.45, 2.75) is 63.8 Å². The molecule has 0 aliphatic rings. The molecule has 7 nitrogen and oxygen atoms in total. The van der Waals surface area contributed by atoms with Crippen LogP contribution in [-0.2, 0) is 29.5 Å². The summed E-state index contributed by atoms with van der Waals surface area (Å²) in [7, 11) is -0.728. The van der Waals surface area contributed by atoms with E-state index in [0.29, 0.717) is 10.6 Å². The van der Waals surface area contributed by atoms with E-state index in [9.17, 15) is 8.76 Å². The molecule has 0 aliphatic carbocycles. The summed E-state index contributed by atoms with van der Waals surface area (Å²) in [6, 6.07) is 7.57. The van der Waals surface area contributed by atoms with Crippen LogP contribution in [0.3, 0.4) is 0 Å². The van der Waals surface area contributed by atoms with Gasteiger partial charge in [-0.25, -0.2) is 4.98 Å². The molecule has 1 N–H and O–H groups in total. The highest BCUT2D eigenvalue weighted by Crippen LogP contribution is 2.38. The molecule has 0 aliphatic heterocycles. The predicted octanol–water partition coefficient (Wildman–Crippen LogP) is 4.76. The Balaban J connectivity index is 1.54. The Bertz CT molecular complexity index is 1080. The van der Waals surface area contributed by atoms with E-state index in [4.69, 9.17) is 0 Å². The molecule has 0 atom stereocenters. The Morgan fingerprint density at radius 1 is 1.06 bits per heavy atom. The minimum Gasteiger partial charge on any atom is -0.337 e. The van der Waals surface area contributed by atoms with E-state index in [1.807, 2.05) is 51.7 Å². The zero-order chi connectivity index (χ0) is 23.4. The van der Waals surface area contributed by atoms with E-state index >= 15 is 0 Å². The van der Waals surface area contributed by atoms with E-state index in [0.717, 1.165) is 30.8 Å². The van der Waals surface area contributed by atoms with Crippen LogP contribution in [0.4, 0.5) is 5.69 Å². The van der Waals surface area contributed by atoms with Gasteiger partial charge in [0.05, 0.1) is 28.3 Å². The minimum atomic E-state index is -4.25. The maximum absolute atomic E-state index is 13.8. The van der Waals surface area contributed by atoms with E-state index in [-0.39, 0.29) is 0 Å². The largest absolute Gasteiger partial charge is 0.337 e. The van der Waals surface area contributed by atoms with Gasteiger partial charge in [0.15, 0.2) is 0 Å². The fourth-order valence-electron chi connectivity index (χ4n) is 4.13. The molecule has 3 aromatic rings. The number of hydrogen-bond acceptors (Lipinski definition) is 3. The van der Waals surface area contributed by atoms with Crippen molar-refractivity contribution >= 4 is 15.2 Å². The number of anilines is 1. The fraction of sp³-hybridized carbons (Fsp3) is 0.500. The van der Waals surface area contributed by atoms with Crippen LogP contribution in [0.1, 0.15) is 49.1 Å². The second kappa shape index (κ2) is 9.58. The van der Waals surface area contributed by atoms with Gasteiger partial charge in [0.2, 0.25) is 0 Å². The van der Waals surface area contributed by atoms with Gasteiger partial charge in [-0.2, -0.15) is 9.31 Å².